The maximum absolute atomic E-state index is 11.9. The predicted molar refractivity (Wildman–Crippen MR) is 81.0 cm³/mol. The van der Waals surface area contributed by atoms with E-state index in [4.69, 9.17) is 5.11 Å². The molecule has 0 heterocycles. The van der Waals surface area contributed by atoms with E-state index >= 15 is 0 Å². The molecule has 0 aromatic heterocycles. The molecule has 2 fully saturated rings. The highest BCUT2D eigenvalue weighted by molar-refractivity contribution is 5.74. The molecule has 5 nitrogen and oxygen atoms in total. The zero-order valence-electron chi connectivity index (χ0n) is 12.9. The molecule has 0 saturated heterocycles. The zero-order chi connectivity index (χ0) is 15.2. The normalized spacial score (nSPS) is 33.2. The fourth-order valence-electron chi connectivity index (χ4n) is 3.55. The van der Waals surface area contributed by atoms with Crippen molar-refractivity contribution in [2.45, 2.75) is 64.3 Å². The Morgan fingerprint density at radius 1 is 1.10 bits per heavy atom. The Hall–Kier alpha value is -1.26. The van der Waals surface area contributed by atoms with Gasteiger partial charge in [0.2, 0.25) is 0 Å². The van der Waals surface area contributed by atoms with Crippen molar-refractivity contribution in [2.75, 3.05) is 6.54 Å². The van der Waals surface area contributed by atoms with Crippen LogP contribution in [0.1, 0.15) is 58.3 Å². The monoisotopic (exact) mass is 296 g/mol. The van der Waals surface area contributed by atoms with E-state index in [1.54, 1.807) is 0 Å². The van der Waals surface area contributed by atoms with E-state index < -0.39 is 5.97 Å². The number of carbonyl (C=O) groups is 2. The average Bonchev–Trinajstić information content (AvgIpc) is 2.47. The molecular formula is C16H28N2O3. The summed E-state index contributed by atoms with van der Waals surface area (Å²) in [4.78, 5) is 22.9. The number of rotatable bonds is 4. The number of urea groups is 1. The van der Waals surface area contributed by atoms with Gasteiger partial charge in [-0.25, -0.2) is 4.79 Å². The number of nitrogens with one attached hydrogen (secondary N) is 2. The Morgan fingerprint density at radius 3 is 2.48 bits per heavy atom. The number of hydrogen-bond donors (Lipinski definition) is 3. The Labute approximate surface area is 126 Å². The van der Waals surface area contributed by atoms with Gasteiger partial charge < -0.3 is 15.7 Å². The van der Waals surface area contributed by atoms with E-state index in [0.29, 0.717) is 12.3 Å². The molecule has 5 heteroatoms. The van der Waals surface area contributed by atoms with Gasteiger partial charge in [-0.15, -0.1) is 0 Å². The lowest BCUT2D eigenvalue weighted by Gasteiger charge is -2.29. The van der Waals surface area contributed by atoms with Crippen molar-refractivity contribution in [3.63, 3.8) is 0 Å². The van der Waals surface area contributed by atoms with Gasteiger partial charge in [-0.2, -0.15) is 0 Å². The maximum atomic E-state index is 11.9. The van der Waals surface area contributed by atoms with Gasteiger partial charge in [0.25, 0.3) is 0 Å². The molecule has 2 saturated carbocycles. The van der Waals surface area contributed by atoms with Crippen LogP contribution in [0.25, 0.3) is 0 Å². The van der Waals surface area contributed by atoms with Crippen molar-refractivity contribution in [2.24, 2.45) is 17.8 Å². The van der Waals surface area contributed by atoms with Crippen molar-refractivity contribution in [1.29, 1.82) is 0 Å². The SMILES string of the molecule is CC1CCC(CNC(=O)NC2CCCC(C(=O)O)C2)CC1. The van der Waals surface area contributed by atoms with Crippen LogP contribution in [-0.2, 0) is 4.79 Å². The lowest BCUT2D eigenvalue weighted by Crippen LogP contribution is -2.46. The standard InChI is InChI=1S/C16H28N2O3/c1-11-5-7-12(8-6-11)10-17-16(21)18-14-4-2-3-13(9-14)15(19)20/h11-14H,2-10H2,1H3,(H,19,20)(H2,17,18,21). The molecule has 2 unspecified atom stereocenters. The van der Waals surface area contributed by atoms with Crippen LogP contribution >= 0.6 is 0 Å². The van der Waals surface area contributed by atoms with E-state index in [0.717, 1.165) is 31.7 Å². The molecule has 2 aliphatic carbocycles. The second-order valence-electron chi connectivity index (χ2n) is 6.88. The highest BCUT2D eigenvalue weighted by Crippen LogP contribution is 2.27. The minimum absolute atomic E-state index is 0.00577. The van der Waals surface area contributed by atoms with Crippen LogP contribution in [0, 0.1) is 17.8 Å². The molecular weight excluding hydrogens is 268 g/mol. The summed E-state index contributed by atoms with van der Waals surface area (Å²) in [5.74, 6) is 0.387. The summed E-state index contributed by atoms with van der Waals surface area (Å²) in [6, 6.07) is -0.129. The lowest BCUT2D eigenvalue weighted by molar-refractivity contribution is -0.143. The van der Waals surface area contributed by atoms with E-state index in [-0.39, 0.29) is 18.0 Å². The van der Waals surface area contributed by atoms with Gasteiger partial charge in [0.05, 0.1) is 5.92 Å². The first-order chi connectivity index (χ1) is 10.0. The van der Waals surface area contributed by atoms with Gasteiger partial charge in [0.1, 0.15) is 0 Å². The van der Waals surface area contributed by atoms with Crippen molar-refractivity contribution < 1.29 is 14.7 Å². The van der Waals surface area contributed by atoms with Crippen LogP contribution in [-0.4, -0.2) is 29.7 Å². The first-order valence-corrected chi connectivity index (χ1v) is 8.31. The Balaban J connectivity index is 1.66. The average molecular weight is 296 g/mol. The summed E-state index contributed by atoms with van der Waals surface area (Å²) in [5, 5.41) is 15.0. The van der Waals surface area contributed by atoms with Crippen LogP contribution in [0.15, 0.2) is 0 Å². The van der Waals surface area contributed by atoms with Crippen LogP contribution < -0.4 is 10.6 Å². The molecule has 0 aromatic carbocycles. The van der Waals surface area contributed by atoms with Crippen molar-refractivity contribution in [3.05, 3.63) is 0 Å². The zero-order valence-corrected chi connectivity index (χ0v) is 12.9. The van der Waals surface area contributed by atoms with E-state index in [1.165, 1.54) is 25.7 Å². The maximum Gasteiger partial charge on any atom is 0.315 e. The summed E-state index contributed by atoms with van der Waals surface area (Å²) in [6.07, 6.45) is 7.98. The second kappa shape index (κ2) is 7.66. The number of carboxylic acids is 1. The summed E-state index contributed by atoms with van der Waals surface area (Å²) >= 11 is 0. The van der Waals surface area contributed by atoms with Crippen LogP contribution in [0.3, 0.4) is 0 Å². The van der Waals surface area contributed by atoms with E-state index in [1.807, 2.05) is 0 Å². The molecule has 2 aliphatic rings. The number of aliphatic carboxylic acids is 1. The van der Waals surface area contributed by atoms with Crippen LogP contribution in [0.4, 0.5) is 4.79 Å². The number of carboxylic acid groups (broad SMARTS) is 1. The van der Waals surface area contributed by atoms with Gasteiger partial charge in [-0.3, -0.25) is 4.79 Å². The van der Waals surface area contributed by atoms with Crippen LogP contribution in [0.5, 0.6) is 0 Å². The summed E-state index contributed by atoms with van der Waals surface area (Å²) in [7, 11) is 0. The Morgan fingerprint density at radius 2 is 1.81 bits per heavy atom. The molecule has 0 spiro atoms. The summed E-state index contributed by atoms with van der Waals surface area (Å²) < 4.78 is 0. The number of amides is 2. The highest BCUT2D eigenvalue weighted by atomic mass is 16.4. The van der Waals surface area contributed by atoms with Gasteiger partial charge in [-0.1, -0.05) is 26.2 Å². The largest absolute Gasteiger partial charge is 0.481 e. The van der Waals surface area contributed by atoms with Gasteiger partial charge in [0, 0.05) is 12.6 Å². The molecule has 0 bridgehead atoms. The van der Waals surface area contributed by atoms with Gasteiger partial charge >= 0.3 is 12.0 Å². The first-order valence-electron chi connectivity index (χ1n) is 8.31. The quantitative estimate of drug-likeness (QED) is 0.746. The van der Waals surface area contributed by atoms with Crippen LogP contribution in [0.2, 0.25) is 0 Å². The molecule has 0 aromatic rings. The Kier molecular flexibility index (Phi) is 5.88. The third-order valence-corrected chi connectivity index (χ3v) is 5.05. The van der Waals surface area contributed by atoms with Crippen molar-refractivity contribution in [1.82, 2.24) is 10.6 Å². The topological polar surface area (TPSA) is 78.4 Å². The smallest absolute Gasteiger partial charge is 0.315 e. The molecule has 3 N–H and O–H groups in total. The minimum atomic E-state index is -0.738. The second-order valence-corrected chi connectivity index (χ2v) is 6.88. The third-order valence-electron chi connectivity index (χ3n) is 5.05. The molecule has 0 aliphatic heterocycles. The molecule has 2 atom stereocenters. The van der Waals surface area contributed by atoms with Gasteiger partial charge in [0.15, 0.2) is 0 Å². The van der Waals surface area contributed by atoms with Gasteiger partial charge in [-0.05, 0) is 43.9 Å². The van der Waals surface area contributed by atoms with E-state index in [2.05, 4.69) is 17.6 Å². The van der Waals surface area contributed by atoms with Crippen molar-refractivity contribution in [3.8, 4) is 0 Å². The lowest BCUT2D eigenvalue weighted by atomic mass is 9.83. The molecule has 2 rings (SSSR count). The fourth-order valence-corrected chi connectivity index (χ4v) is 3.55. The minimum Gasteiger partial charge on any atom is -0.481 e. The predicted octanol–water partition coefficient (Wildman–Crippen LogP) is 2.76. The fraction of sp³-hybridized carbons (Fsp3) is 0.875. The molecule has 2 amide bonds. The summed E-state index contributed by atoms with van der Waals surface area (Å²) in [5.41, 5.74) is 0. The molecule has 120 valence electrons. The number of hydrogen-bond acceptors (Lipinski definition) is 2. The molecule has 21 heavy (non-hydrogen) atoms. The Bertz CT molecular complexity index is 365. The first kappa shape index (κ1) is 16.1. The van der Waals surface area contributed by atoms with Crippen molar-refractivity contribution >= 4 is 12.0 Å². The third kappa shape index (κ3) is 5.21. The summed E-state index contributed by atoms with van der Waals surface area (Å²) in [6.45, 7) is 3.03. The van der Waals surface area contributed by atoms with E-state index in [9.17, 15) is 9.59 Å². The molecule has 0 radical (unpaired) electrons. The number of carbonyl (C=O) groups excluding carboxylic acids is 1. The highest BCUT2D eigenvalue weighted by Gasteiger charge is 2.28.